The predicted octanol–water partition coefficient (Wildman–Crippen LogP) is 5.01. The number of amides is 3. The summed E-state index contributed by atoms with van der Waals surface area (Å²) >= 11 is 3.80. The van der Waals surface area contributed by atoms with Crippen LogP contribution in [0.1, 0.15) is 36.4 Å². The van der Waals surface area contributed by atoms with E-state index in [1.165, 1.54) is 0 Å². The van der Waals surface area contributed by atoms with Gasteiger partial charge in [-0.25, -0.2) is 0 Å². The third-order valence-electron chi connectivity index (χ3n) is 5.76. The van der Waals surface area contributed by atoms with Crippen molar-refractivity contribution in [1.82, 2.24) is 4.90 Å². The molecule has 3 aromatic rings. The van der Waals surface area contributed by atoms with Crippen molar-refractivity contribution in [2.75, 3.05) is 16.8 Å². The van der Waals surface area contributed by atoms with Crippen LogP contribution in [-0.2, 0) is 11.2 Å². The Bertz CT molecular complexity index is 1170. The molecule has 3 aromatic carbocycles. The maximum atomic E-state index is 13.5. The molecule has 0 spiro atoms. The Morgan fingerprint density at radius 3 is 2.18 bits per heavy atom. The molecule has 33 heavy (non-hydrogen) atoms. The minimum Gasteiger partial charge on any atom is -0.324 e. The van der Waals surface area contributed by atoms with Crippen molar-refractivity contribution >= 4 is 46.9 Å². The number of hydrogen-bond donors (Lipinski definition) is 1. The quantitative estimate of drug-likeness (QED) is 0.509. The number of benzene rings is 3. The first-order valence-corrected chi connectivity index (χ1v) is 12.9. The summed E-state index contributed by atoms with van der Waals surface area (Å²) in [4.78, 5) is 40.9. The summed E-state index contributed by atoms with van der Waals surface area (Å²) in [5, 5.41) is 2.97. The highest BCUT2D eigenvalue weighted by atomic mass is 32.2. The largest absolute Gasteiger partial charge is 0.324 e. The Hall–Kier alpha value is -3.03. The maximum Gasteiger partial charge on any atom is 0.262 e. The molecular formula is C26H22N2O3S2. The van der Waals surface area contributed by atoms with E-state index in [0.29, 0.717) is 21.4 Å². The molecule has 0 bridgehead atoms. The molecule has 1 unspecified atom stereocenters. The first kappa shape index (κ1) is 21.8. The van der Waals surface area contributed by atoms with Crippen molar-refractivity contribution in [2.45, 2.75) is 17.0 Å². The van der Waals surface area contributed by atoms with Crippen LogP contribution in [0.2, 0.25) is 0 Å². The average Bonchev–Trinajstić information content (AvgIpc) is 3.47. The van der Waals surface area contributed by atoms with Gasteiger partial charge in [0, 0.05) is 23.6 Å². The zero-order valence-corrected chi connectivity index (χ0v) is 19.4. The molecule has 5 nitrogen and oxygen atoms in total. The lowest BCUT2D eigenvalue weighted by Gasteiger charge is -2.25. The standard InChI is InChI=1S/C26H22N2O3S2/c29-23(27-19-10-6-9-18(16-19)26-32-13-14-33-26)22(15-17-7-2-1-3-8-17)28-24(30)20-11-4-5-12-21(20)25(28)31/h1-12,16,22,26H,13-15H2,(H,27,29). The normalized spacial score (nSPS) is 16.7. The smallest absolute Gasteiger partial charge is 0.262 e. The third-order valence-corrected chi connectivity index (χ3v) is 8.86. The second kappa shape index (κ2) is 9.45. The van der Waals surface area contributed by atoms with E-state index in [1.54, 1.807) is 24.3 Å². The molecular weight excluding hydrogens is 452 g/mol. The van der Waals surface area contributed by atoms with Gasteiger partial charge in [-0.05, 0) is 35.4 Å². The van der Waals surface area contributed by atoms with Gasteiger partial charge in [0.15, 0.2) is 0 Å². The van der Waals surface area contributed by atoms with Crippen LogP contribution in [0, 0.1) is 0 Å². The van der Waals surface area contributed by atoms with E-state index >= 15 is 0 Å². The van der Waals surface area contributed by atoms with E-state index in [-0.39, 0.29) is 12.3 Å². The summed E-state index contributed by atoms with van der Waals surface area (Å²) in [5.41, 5.74) is 3.37. The second-order valence-electron chi connectivity index (χ2n) is 7.92. The fourth-order valence-corrected chi connectivity index (χ4v) is 7.01. The summed E-state index contributed by atoms with van der Waals surface area (Å²) in [7, 11) is 0. The van der Waals surface area contributed by atoms with E-state index in [2.05, 4.69) is 11.4 Å². The monoisotopic (exact) mass is 474 g/mol. The minimum absolute atomic E-state index is 0.242. The van der Waals surface area contributed by atoms with Gasteiger partial charge in [0.05, 0.1) is 15.7 Å². The predicted molar refractivity (Wildman–Crippen MR) is 134 cm³/mol. The highest BCUT2D eigenvalue weighted by molar-refractivity contribution is 8.19. The number of fused-ring (bicyclic) bond motifs is 1. The van der Waals surface area contributed by atoms with Crippen LogP contribution in [-0.4, -0.2) is 40.2 Å². The van der Waals surface area contributed by atoms with E-state index in [4.69, 9.17) is 0 Å². The number of thioether (sulfide) groups is 2. The zero-order valence-electron chi connectivity index (χ0n) is 17.8. The number of imide groups is 1. The zero-order chi connectivity index (χ0) is 22.8. The Kier molecular flexibility index (Phi) is 6.24. The first-order valence-electron chi connectivity index (χ1n) is 10.8. The Morgan fingerprint density at radius 2 is 1.52 bits per heavy atom. The molecule has 7 heteroatoms. The van der Waals surface area contributed by atoms with E-state index in [9.17, 15) is 14.4 Å². The highest BCUT2D eigenvalue weighted by Gasteiger charge is 2.42. The Balaban J connectivity index is 1.44. The van der Waals surface area contributed by atoms with E-state index < -0.39 is 17.9 Å². The molecule has 1 fully saturated rings. The molecule has 1 saturated heterocycles. The first-order chi connectivity index (χ1) is 16.1. The SMILES string of the molecule is O=C(Nc1cccc(C2SCCS2)c1)C(Cc1ccccc1)N1C(=O)c2ccccc2C1=O. The highest BCUT2D eigenvalue weighted by Crippen LogP contribution is 2.45. The van der Waals surface area contributed by atoms with Crippen molar-refractivity contribution in [3.05, 3.63) is 101 Å². The summed E-state index contributed by atoms with van der Waals surface area (Å²) in [6, 6.07) is 23.0. The van der Waals surface area contributed by atoms with Gasteiger partial charge in [-0.1, -0.05) is 54.6 Å². The lowest BCUT2D eigenvalue weighted by molar-refractivity contribution is -0.119. The van der Waals surface area contributed by atoms with E-state index in [1.807, 2.05) is 72.1 Å². The van der Waals surface area contributed by atoms with Crippen LogP contribution < -0.4 is 5.32 Å². The Labute approximate surface area is 200 Å². The van der Waals surface area contributed by atoms with Crippen LogP contribution in [0.4, 0.5) is 5.69 Å². The molecule has 166 valence electrons. The van der Waals surface area contributed by atoms with Gasteiger partial charge in [0.2, 0.25) is 5.91 Å². The average molecular weight is 475 g/mol. The lowest BCUT2D eigenvalue weighted by Crippen LogP contribution is -2.48. The van der Waals surface area contributed by atoms with Crippen molar-refractivity contribution in [3.8, 4) is 0 Å². The van der Waals surface area contributed by atoms with Crippen LogP contribution >= 0.6 is 23.5 Å². The number of anilines is 1. The van der Waals surface area contributed by atoms with Crippen LogP contribution in [0.25, 0.3) is 0 Å². The molecule has 5 rings (SSSR count). The fraction of sp³-hybridized carbons (Fsp3) is 0.192. The van der Waals surface area contributed by atoms with Gasteiger partial charge in [0.25, 0.3) is 11.8 Å². The van der Waals surface area contributed by atoms with Gasteiger partial charge < -0.3 is 5.32 Å². The van der Waals surface area contributed by atoms with Gasteiger partial charge in [-0.2, -0.15) is 0 Å². The summed E-state index contributed by atoms with van der Waals surface area (Å²) < 4.78 is 0.359. The number of nitrogens with one attached hydrogen (secondary N) is 1. The van der Waals surface area contributed by atoms with Crippen molar-refractivity contribution in [2.24, 2.45) is 0 Å². The van der Waals surface area contributed by atoms with Crippen molar-refractivity contribution < 1.29 is 14.4 Å². The van der Waals surface area contributed by atoms with Crippen molar-refractivity contribution in [3.63, 3.8) is 0 Å². The molecule has 0 saturated carbocycles. The Morgan fingerprint density at radius 1 is 0.879 bits per heavy atom. The van der Waals surface area contributed by atoms with Gasteiger partial charge in [-0.3, -0.25) is 19.3 Å². The lowest BCUT2D eigenvalue weighted by atomic mass is 10.0. The number of carbonyl (C=O) groups excluding carboxylic acids is 3. The molecule has 2 heterocycles. The van der Waals surface area contributed by atoms with Crippen LogP contribution in [0.5, 0.6) is 0 Å². The summed E-state index contributed by atoms with van der Waals surface area (Å²) in [6.45, 7) is 0. The molecule has 1 atom stereocenters. The molecule has 2 aliphatic rings. The summed E-state index contributed by atoms with van der Waals surface area (Å²) in [6.07, 6.45) is 0.242. The van der Waals surface area contributed by atoms with E-state index in [0.717, 1.165) is 27.5 Å². The number of carbonyl (C=O) groups is 3. The molecule has 0 aromatic heterocycles. The van der Waals surface area contributed by atoms with Crippen LogP contribution in [0.15, 0.2) is 78.9 Å². The summed E-state index contributed by atoms with van der Waals surface area (Å²) in [5.74, 6) is 0.992. The minimum atomic E-state index is -0.960. The van der Waals surface area contributed by atoms with Crippen molar-refractivity contribution in [1.29, 1.82) is 0 Å². The second-order valence-corrected chi connectivity index (χ2v) is 10.6. The number of hydrogen-bond acceptors (Lipinski definition) is 5. The molecule has 3 amide bonds. The fourth-order valence-electron chi connectivity index (χ4n) is 4.17. The van der Waals surface area contributed by atoms with Crippen LogP contribution in [0.3, 0.4) is 0 Å². The molecule has 2 aliphatic heterocycles. The van der Waals surface area contributed by atoms with Gasteiger partial charge in [-0.15, -0.1) is 23.5 Å². The number of nitrogens with zero attached hydrogens (tertiary/aromatic N) is 1. The number of rotatable bonds is 6. The maximum absolute atomic E-state index is 13.5. The topological polar surface area (TPSA) is 66.5 Å². The van der Waals surface area contributed by atoms with Gasteiger partial charge >= 0.3 is 0 Å². The molecule has 0 radical (unpaired) electrons. The molecule has 1 N–H and O–H groups in total. The third kappa shape index (κ3) is 4.43. The molecule has 0 aliphatic carbocycles. The van der Waals surface area contributed by atoms with Gasteiger partial charge in [0.1, 0.15) is 6.04 Å².